The fourth-order valence-corrected chi connectivity index (χ4v) is 5.12. The van der Waals surface area contributed by atoms with Gasteiger partial charge < -0.3 is 10.1 Å². The Kier molecular flexibility index (Phi) is 6.59. The minimum Gasteiger partial charge on any atom is -0.456 e. The molecule has 2 aromatic carbocycles. The van der Waals surface area contributed by atoms with E-state index in [9.17, 15) is 13.2 Å². The van der Waals surface area contributed by atoms with Crippen LogP contribution in [0.5, 0.6) is 11.5 Å². The Morgan fingerprint density at radius 1 is 1.21 bits per heavy atom. The summed E-state index contributed by atoms with van der Waals surface area (Å²) in [5, 5.41) is 3.31. The smallest absolute Gasteiger partial charge is 0.242 e. The standard InChI is InChI=1S/C20H23ClN2O4S/c1-2-14-28(25,26)23-13-5-7-18(23)20(24)22-15-9-11-16(12-10-15)27-19-8-4-3-6-17(19)21/h3-4,6,8-12,18H,2,5,7,13-14H2,1H3,(H,22,24). The average Bonchev–Trinajstić information content (AvgIpc) is 3.16. The highest BCUT2D eigenvalue weighted by Gasteiger charge is 2.38. The molecule has 1 N–H and O–H groups in total. The van der Waals surface area contributed by atoms with Crippen LogP contribution >= 0.6 is 11.6 Å². The first-order chi connectivity index (χ1) is 13.4. The molecule has 0 bridgehead atoms. The predicted octanol–water partition coefficient (Wildman–Crippen LogP) is 4.28. The van der Waals surface area contributed by atoms with Gasteiger partial charge in [-0.25, -0.2) is 8.42 Å². The molecule has 6 nitrogen and oxygen atoms in total. The molecule has 28 heavy (non-hydrogen) atoms. The number of sulfonamides is 1. The van der Waals surface area contributed by atoms with Gasteiger partial charge in [-0.15, -0.1) is 0 Å². The first-order valence-electron chi connectivity index (χ1n) is 9.23. The number of hydrogen-bond donors (Lipinski definition) is 1. The summed E-state index contributed by atoms with van der Waals surface area (Å²) in [6.45, 7) is 2.21. The van der Waals surface area contributed by atoms with Crippen LogP contribution in [-0.2, 0) is 14.8 Å². The molecule has 8 heteroatoms. The van der Waals surface area contributed by atoms with Crippen molar-refractivity contribution in [1.82, 2.24) is 4.31 Å². The molecule has 1 amide bonds. The molecule has 1 saturated heterocycles. The van der Waals surface area contributed by atoms with Gasteiger partial charge in [-0.3, -0.25) is 4.79 Å². The number of para-hydroxylation sites is 1. The van der Waals surface area contributed by atoms with E-state index < -0.39 is 16.1 Å². The summed E-state index contributed by atoms with van der Waals surface area (Å²) < 4.78 is 31.8. The number of carbonyl (C=O) groups is 1. The van der Waals surface area contributed by atoms with Gasteiger partial charge in [0.1, 0.15) is 17.5 Å². The van der Waals surface area contributed by atoms with Crippen molar-refractivity contribution < 1.29 is 17.9 Å². The first-order valence-corrected chi connectivity index (χ1v) is 11.2. The lowest BCUT2D eigenvalue weighted by Crippen LogP contribution is -2.44. The van der Waals surface area contributed by atoms with Crippen LogP contribution in [-0.4, -0.2) is 37.0 Å². The number of anilines is 1. The minimum atomic E-state index is -3.40. The normalized spacial score (nSPS) is 17.4. The Bertz CT molecular complexity index is 931. The first kappa shape index (κ1) is 20.6. The number of nitrogens with zero attached hydrogens (tertiary/aromatic N) is 1. The maximum atomic E-state index is 12.6. The fraction of sp³-hybridized carbons (Fsp3) is 0.350. The van der Waals surface area contributed by atoms with Crippen LogP contribution in [0.1, 0.15) is 26.2 Å². The van der Waals surface area contributed by atoms with E-state index in [1.54, 1.807) is 36.4 Å². The molecule has 0 spiro atoms. The van der Waals surface area contributed by atoms with Crippen LogP contribution < -0.4 is 10.1 Å². The third-order valence-electron chi connectivity index (χ3n) is 4.51. The van der Waals surface area contributed by atoms with Crippen molar-refractivity contribution in [2.45, 2.75) is 32.2 Å². The average molecular weight is 423 g/mol. The zero-order chi connectivity index (χ0) is 20.1. The zero-order valence-electron chi connectivity index (χ0n) is 15.6. The number of ether oxygens (including phenoxy) is 1. The maximum absolute atomic E-state index is 12.6. The molecule has 150 valence electrons. The van der Waals surface area contributed by atoms with Gasteiger partial charge >= 0.3 is 0 Å². The van der Waals surface area contributed by atoms with Gasteiger partial charge in [0.05, 0.1) is 10.8 Å². The van der Waals surface area contributed by atoms with Gasteiger partial charge in [-0.05, 0) is 55.7 Å². The van der Waals surface area contributed by atoms with Gasteiger partial charge in [0.15, 0.2) is 0 Å². The number of halogens is 1. The van der Waals surface area contributed by atoms with Gasteiger partial charge in [0.25, 0.3) is 0 Å². The van der Waals surface area contributed by atoms with Crippen LogP contribution in [0.4, 0.5) is 5.69 Å². The summed E-state index contributed by atoms with van der Waals surface area (Å²) >= 11 is 6.08. The highest BCUT2D eigenvalue weighted by atomic mass is 35.5. The van der Waals surface area contributed by atoms with E-state index in [0.717, 1.165) is 0 Å². The second kappa shape index (κ2) is 8.94. The van der Waals surface area contributed by atoms with E-state index in [1.807, 2.05) is 19.1 Å². The van der Waals surface area contributed by atoms with Crippen LogP contribution in [0.15, 0.2) is 48.5 Å². The van der Waals surface area contributed by atoms with E-state index in [-0.39, 0.29) is 11.7 Å². The third kappa shape index (κ3) is 4.84. The van der Waals surface area contributed by atoms with Gasteiger partial charge in [0, 0.05) is 12.2 Å². The van der Waals surface area contributed by atoms with Crippen LogP contribution in [0, 0.1) is 0 Å². The summed E-state index contributed by atoms with van der Waals surface area (Å²) in [5.41, 5.74) is 0.580. The van der Waals surface area contributed by atoms with E-state index in [0.29, 0.717) is 48.0 Å². The second-order valence-electron chi connectivity index (χ2n) is 6.63. The molecular weight excluding hydrogens is 400 g/mol. The van der Waals surface area contributed by atoms with E-state index in [1.165, 1.54) is 4.31 Å². The Morgan fingerprint density at radius 2 is 1.93 bits per heavy atom. The molecule has 0 aliphatic carbocycles. The molecule has 0 aromatic heterocycles. The van der Waals surface area contributed by atoms with Crippen molar-refractivity contribution in [3.63, 3.8) is 0 Å². The predicted molar refractivity (Wildman–Crippen MR) is 110 cm³/mol. The quantitative estimate of drug-likeness (QED) is 0.722. The second-order valence-corrected chi connectivity index (χ2v) is 9.08. The van der Waals surface area contributed by atoms with Crippen molar-refractivity contribution in [3.05, 3.63) is 53.6 Å². The molecular formula is C20H23ClN2O4S. The highest BCUT2D eigenvalue weighted by Crippen LogP contribution is 2.29. The lowest BCUT2D eigenvalue weighted by atomic mass is 10.2. The van der Waals surface area contributed by atoms with E-state index in [4.69, 9.17) is 16.3 Å². The Morgan fingerprint density at radius 3 is 2.61 bits per heavy atom. The monoisotopic (exact) mass is 422 g/mol. The van der Waals surface area contributed by atoms with Crippen LogP contribution in [0.2, 0.25) is 5.02 Å². The molecule has 2 aromatic rings. The zero-order valence-corrected chi connectivity index (χ0v) is 17.2. The minimum absolute atomic E-state index is 0.0604. The third-order valence-corrected chi connectivity index (χ3v) is 6.90. The summed E-state index contributed by atoms with van der Waals surface area (Å²) in [4.78, 5) is 12.6. The molecule has 1 aliphatic heterocycles. The van der Waals surface area contributed by atoms with E-state index >= 15 is 0 Å². The number of hydrogen-bond acceptors (Lipinski definition) is 4. The number of amides is 1. The molecule has 1 atom stereocenters. The SMILES string of the molecule is CCCS(=O)(=O)N1CCCC1C(=O)Nc1ccc(Oc2ccccc2Cl)cc1. The summed E-state index contributed by atoms with van der Waals surface area (Å²) in [6.07, 6.45) is 1.74. The summed E-state index contributed by atoms with van der Waals surface area (Å²) in [5.74, 6) is 0.880. The Balaban J connectivity index is 1.65. The molecule has 1 fully saturated rings. The Hall–Kier alpha value is -2.09. The van der Waals surface area contributed by atoms with Crippen molar-refractivity contribution >= 4 is 33.2 Å². The largest absolute Gasteiger partial charge is 0.456 e. The highest BCUT2D eigenvalue weighted by molar-refractivity contribution is 7.89. The van der Waals surface area contributed by atoms with E-state index in [2.05, 4.69) is 5.32 Å². The van der Waals surface area contributed by atoms with Crippen LogP contribution in [0.3, 0.4) is 0 Å². The summed E-state index contributed by atoms with van der Waals surface area (Å²) in [6, 6.07) is 13.4. The van der Waals surface area contributed by atoms with Crippen LogP contribution in [0.25, 0.3) is 0 Å². The van der Waals surface area contributed by atoms with Crippen molar-refractivity contribution in [3.8, 4) is 11.5 Å². The number of carbonyl (C=O) groups excluding carboxylic acids is 1. The van der Waals surface area contributed by atoms with Crippen molar-refractivity contribution in [2.24, 2.45) is 0 Å². The topological polar surface area (TPSA) is 75.7 Å². The maximum Gasteiger partial charge on any atom is 0.242 e. The number of rotatable bonds is 7. The molecule has 1 aliphatic rings. The number of benzene rings is 2. The molecule has 0 saturated carbocycles. The summed E-state index contributed by atoms with van der Waals surface area (Å²) in [7, 11) is -3.40. The van der Waals surface area contributed by atoms with Gasteiger partial charge in [-0.1, -0.05) is 30.7 Å². The van der Waals surface area contributed by atoms with Crippen molar-refractivity contribution in [2.75, 3.05) is 17.6 Å². The molecule has 0 radical (unpaired) electrons. The Labute approximate surface area is 170 Å². The van der Waals surface area contributed by atoms with Gasteiger partial charge in [0.2, 0.25) is 15.9 Å². The van der Waals surface area contributed by atoms with Crippen molar-refractivity contribution in [1.29, 1.82) is 0 Å². The molecule has 1 heterocycles. The van der Waals surface area contributed by atoms with Gasteiger partial charge in [-0.2, -0.15) is 4.31 Å². The number of nitrogens with one attached hydrogen (secondary N) is 1. The molecule has 3 rings (SSSR count). The lowest BCUT2D eigenvalue weighted by molar-refractivity contribution is -0.119. The molecule has 1 unspecified atom stereocenters. The lowest BCUT2D eigenvalue weighted by Gasteiger charge is -2.23. The fourth-order valence-electron chi connectivity index (χ4n) is 3.20.